The molecule has 1 unspecified atom stereocenters. The van der Waals surface area contributed by atoms with Gasteiger partial charge in [-0.2, -0.15) is 0 Å². The molecular formula is C20H22FN3O3. The fraction of sp³-hybridized carbons (Fsp3) is 0.350. The molecule has 2 aromatic rings. The zero-order chi connectivity index (χ0) is 18.8. The molecule has 0 saturated carbocycles. The van der Waals surface area contributed by atoms with E-state index in [9.17, 15) is 14.3 Å². The van der Waals surface area contributed by atoms with Gasteiger partial charge in [0.25, 0.3) is 0 Å². The standard InChI is InChI=1S/C20H22FN3O3/c21-17-7-4-8-18(27-16-5-2-1-3-6-16)19(17)22-20(26)24-11-14(12-24)23-10-9-15(25)13-23/h1-8,14-15,25H,9-13H2,(H,22,26). The molecule has 2 heterocycles. The minimum absolute atomic E-state index is 0.0337. The number of β-amino-alcohol motifs (C(OH)–C–C–N with tert-alkyl or cyclic N) is 1. The molecule has 0 aliphatic carbocycles. The smallest absolute Gasteiger partial charge is 0.322 e. The summed E-state index contributed by atoms with van der Waals surface area (Å²) in [6.45, 7) is 2.65. The summed E-state index contributed by atoms with van der Waals surface area (Å²) in [6, 6.07) is 13.4. The first kappa shape index (κ1) is 17.8. The molecule has 2 aliphatic heterocycles. The number of para-hydroxylation sites is 2. The first-order valence-corrected chi connectivity index (χ1v) is 9.09. The Morgan fingerprint density at radius 2 is 1.89 bits per heavy atom. The highest BCUT2D eigenvalue weighted by molar-refractivity contribution is 5.91. The normalized spacial score (nSPS) is 20.4. The van der Waals surface area contributed by atoms with Gasteiger partial charge in [0.1, 0.15) is 11.4 Å². The van der Waals surface area contributed by atoms with Crippen LogP contribution in [0.2, 0.25) is 0 Å². The molecule has 2 fully saturated rings. The summed E-state index contributed by atoms with van der Waals surface area (Å²) in [5, 5.41) is 12.3. The third kappa shape index (κ3) is 3.89. The molecule has 0 bridgehead atoms. The molecule has 2 saturated heterocycles. The summed E-state index contributed by atoms with van der Waals surface area (Å²) in [5.74, 6) is 0.279. The Morgan fingerprint density at radius 1 is 1.11 bits per heavy atom. The van der Waals surface area contributed by atoms with Crippen molar-refractivity contribution < 1.29 is 19.0 Å². The van der Waals surface area contributed by atoms with E-state index in [-0.39, 0.29) is 29.6 Å². The molecule has 2 N–H and O–H groups in total. The van der Waals surface area contributed by atoms with Crippen molar-refractivity contribution in [3.05, 3.63) is 54.3 Å². The van der Waals surface area contributed by atoms with E-state index >= 15 is 0 Å². The third-order valence-electron chi connectivity index (χ3n) is 5.04. The number of ether oxygens (including phenoxy) is 1. The van der Waals surface area contributed by atoms with Gasteiger partial charge in [0.2, 0.25) is 0 Å². The van der Waals surface area contributed by atoms with Gasteiger partial charge >= 0.3 is 6.03 Å². The predicted octanol–water partition coefficient (Wildman–Crippen LogP) is 2.90. The van der Waals surface area contributed by atoms with E-state index in [1.54, 1.807) is 29.2 Å². The van der Waals surface area contributed by atoms with Crippen molar-refractivity contribution in [3.8, 4) is 11.5 Å². The summed E-state index contributed by atoms with van der Waals surface area (Å²) in [4.78, 5) is 16.3. The number of anilines is 1. The van der Waals surface area contributed by atoms with Gasteiger partial charge in [-0.1, -0.05) is 24.3 Å². The van der Waals surface area contributed by atoms with Crippen molar-refractivity contribution >= 4 is 11.7 Å². The van der Waals surface area contributed by atoms with Crippen molar-refractivity contribution in [1.82, 2.24) is 9.80 Å². The maximum absolute atomic E-state index is 14.3. The van der Waals surface area contributed by atoms with Crippen LogP contribution in [0.1, 0.15) is 6.42 Å². The molecule has 27 heavy (non-hydrogen) atoms. The fourth-order valence-electron chi connectivity index (χ4n) is 3.46. The number of hydrogen-bond donors (Lipinski definition) is 2. The summed E-state index contributed by atoms with van der Waals surface area (Å²) >= 11 is 0. The second-order valence-corrected chi connectivity index (χ2v) is 6.95. The van der Waals surface area contributed by atoms with Gasteiger partial charge in [-0.3, -0.25) is 4.90 Å². The van der Waals surface area contributed by atoms with Crippen LogP contribution in [-0.2, 0) is 0 Å². The second kappa shape index (κ2) is 7.54. The van der Waals surface area contributed by atoms with Crippen molar-refractivity contribution in [2.24, 2.45) is 0 Å². The lowest BCUT2D eigenvalue weighted by Crippen LogP contribution is -2.61. The van der Waals surface area contributed by atoms with Gasteiger partial charge in [-0.05, 0) is 30.7 Å². The lowest BCUT2D eigenvalue weighted by Gasteiger charge is -2.43. The Labute approximate surface area is 157 Å². The second-order valence-electron chi connectivity index (χ2n) is 6.95. The molecule has 0 aromatic heterocycles. The summed E-state index contributed by atoms with van der Waals surface area (Å²) < 4.78 is 20.0. The highest BCUT2D eigenvalue weighted by Gasteiger charge is 2.38. The lowest BCUT2D eigenvalue weighted by atomic mass is 10.1. The highest BCUT2D eigenvalue weighted by Crippen LogP contribution is 2.32. The van der Waals surface area contributed by atoms with Crippen molar-refractivity contribution in [2.45, 2.75) is 18.6 Å². The molecule has 2 aliphatic rings. The number of halogens is 1. The van der Waals surface area contributed by atoms with Gasteiger partial charge in [0.05, 0.1) is 6.10 Å². The maximum Gasteiger partial charge on any atom is 0.322 e. The van der Waals surface area contributed by atoms with E-state index in [4.69, 9.17) is 4.74 Å². The van der Waals surface area contributed by atoms with Crippen LogP contribution in [0.15, 0.2) is 48.5 Å². The molecule has 6 nitrogen and oxygen atoms in total. The average molecular weight is 371 g/mol. The monoisotopic (exact) mass is 371 g/mol. The number of nitrogens with one attached hydrogen (secondary N) is 1. The van der Waals surface area contributed by atoms with Gasteiger partial charge < -0.3 is 20.1 Å². The van der Waals surface area contributed by atoms with Gasteiger partial charge in [0.15, 0.2) is 11.6 Å². The Morgan fingerprint density at radius 3 is 2.59 bits per heavy atom. The van der Waals surface area contributed by atoms with Crippen LogP contribution >= 0.6 is 0 Å². The van der Waals surface area contributed by atoms with Crippen molar-refractivity contribution in [3.63, 3.8) is 0 Å². The van der Waals surface area contributed by atoms with E-state index in [2.05, 4.69) is 10.2 Å². The number of carbonyl (C=O) groups excluding carboxylic acids is 1. The summed E-state index contributed by atoms with van der Waals surface area (Å²) in [6.07, 6.45) is 0.502. The van der Waals surface area contributed by atoms with Gasteiger partial charge in [0, 0.05) is 32.2 Å². The Balaban J connectivity index is 1.40. The predicted molar refractivity (Wildman–Crippen MR) is 99.5 cm³/mol. The Kier molecular flexibility index (Phi) is 4.96. The van der Waals surface area contributed by atoms with Crippen LogP contribution in [-0.4, -0.2) is 59.3 Å². The number of hydrogen-bond acceptors (Lipinski definition) is 4. The van der Waals surface area contributed by atoms with Crippen LogP contribution in [0, 0.1) is 5.82 Å². The van der Waals surface area contributed by atoms with Crippen LogP contribution in [0.25, 0.3) is 0 Å². The number of aliphatic hydroxyl groups excluding tert-OH is 1. The Bertz CT molecular complexity index is 811. The molecule has 4 rings (SSSR count). The molecule has 142 valence electrons. The fourth-order valence-corrected chi connectivity index (χ4v) is 3.46. The summed E-state index contributed by atoms with van der Waals surface area (Å²) in [5.41, 5.74) is 0.0337. The average Bonchev–Trinajstić information content (AvgIpc) is 3.03. The number of rotatable bonds is 4. The Hall–Kier alpha value is -2.64. The first-order valence-electron chi connectivity index (χ1n) is 9.09. The minimum atomic E-state index is -0.545. The largest absolute Gasteiger partial charge is 0.455 e. The molecule has 0 spiro atoms. The number of urea groups is 1. The van der Waals surface area contributed by atoms with E-state index in [1.807, 2.05) is 18.2 Å². The van der Waals surface area contributed by atoms with Crippen LogP contribution in [0.3, 0.4) is 0 Å². The highest BCUT2D eigenvalue weighted by atomic mass is 19.1. The molecular weight excluding hydrogens is 349 g/mol. The van der Waals surface area contributed by atoms with Crippen LogP contribution in [0.4, 0.5) is 14.9 Å². The topological polar surface area (TPSA) is 65.0 Å². The quantitative estimate of drug-likeness (QED) is 0.867. The molecule has 1 atom stereocenters. The number of aliphatic hydroxyl groups is 1. The van der Waals surface area contributed by atoms with Crippen molar-refractivity contribution in [1.29, 1.82) is 0 Å². The molecule has 2 aromatic carbocycles. The van der Waals surface area contributed by atoms with Crippen LogP contribution < -0.4 is 10.1 Å². The van der Waals surface area contributed by atoms with E-state index in [0.29, 0.717) is 25.4 Å². The molecule has 7 heteroatoms. The first-order chi connectivity index (χ1) is 13.1. The van der Waals surface area contributed by atoms with Crippen molar-refractivity contribution in [2.75, 3.05) is 31.5 Å². The zero-order valence-electron chi connectivity index (χ0n) is 14.8. The van der Waals surface area contributed by atoms with E-state index in [1.165, 1.54) is 6.07 Å². The van der Waals surface area contributed by atoms with Crippen LogP contribution in [0.5, 0.6) is 11.5 Å². The number of carbonyl (C=O) groups is 1. The van der Waals surface area contributed by atoms with E-state index in [0.717, 1.165) is 13.0 Å². The summed E-state index contributed by atoms with van der Waals surface area (Å²) in [7, 11) is 0. The third-order valence-corrected chi connectivity index (χ3v) is 5.04. The van der Waals surface area contributed by atoms with Gasteiger partial charge in [-0.25, -0.2) is 9.18 Å². The lowest BCUT2D eigenvalue weighted by molar-refractivity contribution is 0.0668. The zero-order valence-corrected chi connectivity index (χ0v) is 14.8. The number of likely N-dealkylation sites (tertiary alicyclic amines) is 2. The number of nitrogens with zero attached hydrogens (tertiary/aromatic N) is 2. The molecule has 0 radical (unpaired) electrons. The maximum atomic E-state index is 14.3. The number of amides is 2. The molecule has 2 amide bonds. The van der Waals surface area contributed by atoms with Gasteiger partial charge in [-0.15, -0.1) is 0 Å². The minimum Gasteiger partial charge on any atom is -0.455 e. The number of benzene rings is 2. The van der Waals surface area contributed by atoms with E-state index < -0.39 is 5.82 Å². The SMILES string of the molecule is O=C(Nc1c(F)cccc1Oc1ccccc1)N1CC(N2CCC(O)C2)C1.